The van der Waals surface area contributed by atoms with Crippen molar-refractivity contribution in [2.45, 2.75) is 39.0 Å². The van der Waals surface area contributed by atoms with Crippen molar-refractivity contribution in [3.8, 4) is 0 Å². The Morgan fingerprint density at radius 2 is 2.09 bits per heavy atom. The van der Waals surface area contributed by atoms with Crippen LogP contribution in [0.1, 0.15) is 26.1 Å². The minimum absolute atomic E-state index is 0.179. The molecule has 0 bridgehead atoms. The van der Waals surface area contributed by atoms with Gasteiger partial charge in [0, 0.05) is 29.4 Å². The average molecular weight is 312 g/mol. The van der Waals surface area contributed by atoms with Gasteiger partial charge in [-0.05, 0) is 25.6 Å². The zero-order valence-electron chi connectivity index (χ0n) is 14.0. The van der Waals surface area contributed by atoms with E-state index in [9.17, 15) is 0 Å². The van der Waals surface area contributed by atoms with Gasteiger partial charge in [0.25, 0.3) is 0 Å². The number of hydrogen-bond acceptors (Lipinski definition) is 5. The molecule has 5 nitrogen and oxygen atoms in total. The van der Waals surface area contributed by atoms with Crippen LogP contribution >= 0.6 is 0 Å². The monoisotopic (exact) mass is 312 g/mol. The van der Waals surface area contributed by atoms with Gasteiger partial charge in [0.05, 0.1) is 18.2 Å². The molecule has 0 unspecified atom stereocenters. The summed E-state index contributed by atoms with van der Waals surface area (Å²) in [7, 11) is 2.16. The summed E-state index contributed by atoms with van der Waals surface area (Å²) >= 11 is 0. The van der Waals surface area contributed by atoms with Crippen molar-refractivity contribution < 1.29 is 4.74 Å². The molecular weight excluding hydrogens is 288 g/mol. The lowest BCUT2D eigenvalue weighted by molar-refractivity contribution is -0.151. The summed E-state index contributed by atoms with van der Waals surface area (Å²) in [5.41, 5.74) is 7.20. The Morgan fingerprint density at radius 1 is 1.30 bits per heavy atom. The van der Waals surface area contributed by atoms with Gasteiger partial charge in [-0.15, -0.1) is 0 Å². The van der Waals surface area contributed by atoms with Gasteiger partial charge in [-0.1, -0.05) is 26.0 Å². The molecule has 1 saturated carbocycles. The van der Waals surface area contributed by atoms with Gasteiger partial charge in [0.2, 0.25) is 0 Å². The molecule has 2 aromatic rings. The minimum Gasteiger partial charge on any atom is -0.383 e. The number of benzene rings is 1. The van der Waals surface area contributed by atoms with Crippen molar-refractivity contribution >= 4 is 16.7 Å². The fourth-order valence-electron chi connectivity index (χ4n) is 4.74. The third-order valence-electron chi connectivity index (χ3n) is 5.58. The highest BCUT2D eigenvalue weighted by Crippen LogP contribution is 2.54. The highest BCUT2D eigenvalue weighted by Gasteiger charge is 2.60. The molecule has 1 aromatic heterocycles. The van der Waals surface area contributed by atoms with Gasteiger partial charge < -0.3 is 10.5 Å². The molecule has 2 aliphatic rings. The van der Waals surface area contributed by atoms with Crippen LogP contribution in [0.25, 0.3) is 10.9 Å². The number of nitrogens with zero attached hydrogens (tertiary/aromatic N) is 3. The second-order valence-corrected chi connectivity index (χ2v) is 7.47. The molecule has 5 heteroatoms. The smallest absolute Gasteiger partial charge is 0.145 e. The fourth-order valence-corrected chi connectivity index (χ4v) is 4.74. The van der Waals surface area contributed by atoms with E-state index in [0.29, 0.717) is 30.4 Å². The molecule has 23 heavy (non-hydrogen) atoms. The molecule has 122 valence electrons. The number of nitrogens with two attached hydrogens (primary N) is 1. The molecule has 4 rings (SSSR count). The second kappa shape index (κ2) is 5.14. The quantitative estimate of drug-likeness (QED) is 0.943. The van der Waals surface area contributed by atoms with E-state index in [2.05, 4.69) is 35.8 Å². The Morgan fingerprint density at radius 3 is 2.91 bits per heavy atom. The predicted octanol–water partition coefficient (Wildman–Crippen LogP) is 2.46. The summed E-state index contributed by atoms with van der Waals surface area (Å²) in [5.74, 6) is 1.99. The molecule has 1 aromatic carbocycles. The van der Waals surface area contributed by atoms with Gasteiger partial charge in [0.1, 0.15) is 11.6 Å². The molecule has 1 aliphatic heterocycles. The maximum Gasteiger partial charge on any atom is 0.145 e. The number of fused-ring (bicyclic) bond motifs is 2. The van der Waals surface area contributed by atoms with E-state index >= 15 is 0 Å². The summed E-state index contributed by atoms with van der Waals surface area (Å²) < 4.78 is 5.90. The molecule has 1 aliphatic carbocycles. The number of ether oxygens (including phenoxy) is 1. The Bertz CT molecular complexity index is 745. The number of hydrogen-bond donors (Lipinski definition) is 1. The van der Waals surface area contributed by atoms with Crippen molar-refractivity contribution in [3.63, 3.8) is 0 Å². The van der Waals surface area contributed by atoms with Gasteiger partial charge >= 0.3 is 0 Å². The molecule has 0 spiro atoms. The topological polar surface area (TPSA) is 64.3 Å². The molecular formula is C18H24N4O. The zero-order chi connectivity index (χ0) is 16.2. The lowest BCUT2D eigenvalue weighted by Crippen LogP contribution is -2.65. The van der Waals surface area contributed by atoms with Gasteiger partial charge in [-0.25, -0.2) is 9.97 Å². The standard InChI is InChI=1S/C18H24N4O/c1-18(2)15(12-8-9-23-16(12)18)22(3)10-14-20-13-7-5-4-6-11(13)17(19)21-14/h4-7,12,15-16H,8-10H2,1-3H3,(H2,19,20,21)/t12-,15-,16-/m1/s1. The third-order valence-corrected chi connectivity index (χ3v) is 5.58. The van der Waals surface area contributed by atoms with Crippen LogP contribution in [-0.2, 0) is 11.3 Å². The summed E-state index contributed by atoms with van der Waals surface area (Å²) in [4.78, 5) is 11.6. The van der Waals surface area contributed by atoms with Crippen LogP contribution < -0.4 is 5.73 Å². The van der Waals surface area contributed by atoms with Crippen LogP contribution in [0.4, 0.5) is 5.82 Å². The van der Waals surface area contributed by atoms with E-state index in [1.54, 1.807) is 0 Å². The summed E-state index contributed by atoms with van der Waals surface area (Å²) in [6.07, 6.45) is 1.56. The normalized spacial score (nSPS) is 28.8. The highest BCUT2D eigenvalue weighted by atomic mass is 16.5. The van der Waals surface area contributed by atoms with E-state index < -0.39 is 0 Å². The van der Waals surface area contributed by atoms with Crippen molar-refractivity contribution in [2.24, 2.45) is 11.3 Å². The lowest BCUT2D eigenvalue weighted by Gasteiger charge is -2.57. The first-order valence-corrected chi connectivity index (χ1v) is 8.31. The lowest BCUT2D eigenvalue weighted by atomic mass is 9.57. The van der Waals surface area contributed by atoms with Crippen molar-refractivity contribution in [2.75, 3.05) is 19.4 Å². The van der Waals surface area contributed by atoms with Crippen molar-refractivity contribution in [1.29, 1.82) is 0 Å². The molecule has 0 radical (unpaired) electrons. The summed E-state index contributed by atoms with van der Waals surface area (Å²) in [6.45, 7) is 6.21. The van der Waals surface area contributed by atoms with Gasteiger partial charge in [-0.3, -0.25) is 4.90 Å². The zero-order valence-corrected chi connectivity index (χ0v) is 14.0. The molecule has 2 N–H and O–H groups in total. The van der Waals surface area contributed by atoms with Crippen LogP contribution in [0.5, 0.6) is 0 Å². The number of aromatic nitrogens is 2. The molecule has 3 atom stereocenters. The van der Waals surface area contributed by atoms with Crippen LogP contribution in [0, 0.1) is 11.3 Å². The number of para-hydroxylation sites is 1. The van der Waals surface area contributed by atoms with Gasteiger partial charge in [0.15, 0.2) is 0 Å². The predicted molar refractivity (Wildman–Crippen MR) is 90.8 cm³/mol. The third kappa shape index (κ3) is 2.22. The number of rotatable bonds is 3. The first-order valence-electron chi connectivity index (χ1n) is 8.31. The van der Waals surface area contributed by atoms with E-state index in [-0.39, 0.29) is 5.41 Å². The molecule has 2 heterocycles. The number of anilines is 1. The average Bonchev–Trinajstić information content (AvgIpc) is 2.93. The van der Waals surface area contributed by atoms with Crippen LogP contribution in [0.3, 0.4) is 0 Å². The van der Waals surface area contributed by atoms with Crippen molar-refractivity contribution in [3.05, 3.63) is 30.1 Å². The first-order chi connectivity index (χ1) is 11.0. The van der Waals surface area contributed by atoms with Crippen molar-refractivity contribution in [1.82, 2.24) is 14.9 Å². The largest absolute Gasteiger partial charge is 0.383 e. The van der Waals surface area contributed by atoms with E-state index in [1.807, 2.05) is 24.3 Å². The fraction of sp³-hybridized carbons (Fsp3) is 0.556. The van der Waals surface area contributed by atoms with Crippen LogP contribution in [-0.4, -0.2) is 40.7 Å². The summed E-state index contributed by atoms with van der Waals surface area (Å²) in [5, 5.41) is 0.923. The highest BCUT2D eigenvalue weighted by molar-refractivity contribution is 5.87. The van der Waals surface area contributed by atoms with E-state index in [0.717, 1.165) is 29.8 Å². The molecule has 0 amide bonds. The van der Waals surface area contributed by atoms with E-state index in [4.69, 9.17) is 10.5 Å². The Labute approximate surface area is 136 Å². The number of nitrogen functional groups attached to an aromatic ring is 1. The van der Waals surface area contributed by atoms with E-state index in [1.165, 1.54) is 0 Å². The van der Waals surface area contributed by atoms with Crippen LogP contribution in [0.2, 0.25) is 0 Å². The molecule has 2 fully saturated rings. The maximum absolute atomic E-state index is 6.10. The first kappa shape index (κ1) is 14.8. The maximum atomic E-state index is 6.10. The Kier molecular flexibility index (Phi) is 3.32. The Balaban J connectivity index is 1.58. The molecule has 1 saturated heterocycles. The van der Waals surface area contributed by atoms with Gasteiger partial charge in [-0.2, -0.15) is 0 Å². The minimum atomic E-state index is 0.179. The Hall–Kier alpha value is -1.72. The van der Waals surface area contributed by atoms with Crippen LogP contribution in [0.15, 0.2) is 24.3 Å². The SMILES string of the molecule is CN(Cc1nc(N)c2ccccc2n1)[C@@H]1[C@H]2CCO[C@H]2C1(C)C. The summed E-state index contributed by atoms with van der Waals surface area (Å²) in [6, 6.07) is 8.41. The second-order valence-electron chi connectivity index (χ2n) is 7.47.